The Kier molecular flexibility index (Phi) is 6.30. The Morgan fingerprint density at radius 2 is 1.89 bits per heavy atom. The number of carbonyl (C=O) groups is 2. The molecule has 7 nitrogen and oxygen atoms in total. The number of amides is 2. The highest BCUT2D eigenvalue weighted by Gasteiger charge is 2.10. The van der Waals surface area contributed by atoms with Crippen LogP contribution in [0.1, 0.15) is 16.1 Å². The second kappa shape index (κ2) is 9.27. The molecule has 0 aliphatic heterocycles. The molecule has 0 aliphatic carbocycles. The van der Waals surface area contributed by atoms with Crippen molar-refractivity contribution < 1.29 is 23.5 Å². The number of para-hydroxylation sites is 1. The molecule has 0 bridgehead atoms. The van der Waals surface area contributed by atoms with Crippen molar-refractivity contribution in [3.63, 3.8) is 0 Å². The summed E-state index contributed by atoms with van der Waals surface area (Å²) in [5, 5.41) is 5.49. The summed E-state index contributed by atoms with van der Waals surface area (Å²) in [6, 6.07) is 17.4. The molecule has 2 aromatic carbocycles. The molecule has 1 aromatic heterocycles. The molecule has 0 saturated carbocycles. The summed E-state index contributed by atoms with van der Waals surface area (Å²) in [7, 11) is 1.58. The largest absolute Gasteiger partial charge is 0.496 e. The van der Waals surface area contributed by atoms with Crippen LogP contribution in [0, 0.1) is 0 Å². The third kappa shape index (κ3) is 5.14. The lowest BCUT2D eigenvalue weighted by atomic mass is 10.2. The summed E-state index contributed by atoms with van der Waals surface area (Å²) in [5.41, 5.74) is 1.41. The van der Waals surface area contributed by atoms with E-state index in [1.165, 1.54) is 6.26 Å². The minimum absolute atomic E-state index is 0.148. The Morgan fingerprint density at radius 3 is 2.68 bits per heavy atom. The van der Waals surface area contributed by atoms with Crippen LogP contribution in [0.3, 0.4) is 0 Å². The predicted molar refractivity (Wildman–Crippen MR) is 103 cm³/mol. The van der Waals surface area contributed by atoms with Crippen LogP contribution in [-0.2, 0) is 11.3 Å². The van der Waals surface area contributed by atoms with Gasteiger partial charge < -0.3 is 24.5 Å². The molecule has 3 rings (SSSR count). The number of hydrogen-bond acceptors (Lipinski definition) is 5. The van der Waals surface area contributed by atoms with Crippen molar-refractivity contribution in [2.24, 2.45) is 0 Å². The average Bonchev–Trinajstić information content (AvgIpc) is 3.26. The van der Waals surface area contributed by atoms with Gasteiger partial charge in [0.15, 0.2) is 12.4 Å². The van der Waals surface area contributed by atoms with Crippen LogP contribution < -0.4 is 20.1 Å². The van der Waals surface area contributed by atoms with Gasteiger partial charge in [0.2, 0.25) is 0 Å². The summed E-state index contributed by atoms with van der Waals surface area (Å²) in [6.45, 7) is 0.191. The standard InChI is InChI=1S/C21H20N2O5/c1-26-18-9-3-2-6-15(18)13-22-20(24)14-28-17-8-4-7-16(12-17)23-21(25)19-10-5-11-27-19/h2-12H,13-14H2,1H3,(H,22,24)(H,23,25). The van der Waals surface area contributed by atoms with Gasteiger partial charge in [-0.25, -0.2) is 0 Å². The van der Waals surface area contributed by atoms with E-state index in [1.54, 1.807) is 43.5 Å². The first-order valence-electron chi connectivity index (χ1n) is 8.62. The van der Waals surface area contributed by atoms with Crippen molar-refractivity contribution in [3.05, 3.63) is 78.3 Å². The third-order valence-corrected chi connectivity index (χ3v) is 3.88. The fourth-order valence-electron chi connectivity index (χ4n) is 2.51. The number of furan rings is 1. The smallest absolute Gasteiger partial charge is 0.291 e. The van der Waals surface area contributed by atoms with Crippen LogP contribution >= 0.6 is 0 Å². The first-order valence-corrected chi connectivity index (χ1v) is 8.62. The molecule has 0 unspecified atom stereocenters. The van der Waals surface area contributed by atoms with Gasteiger partial charge in [0.1, 0.15) is 11.5 Å². The second-order valence-corrected chi connectivity index (χ2v) is 5.84. The molecule has 0 radical (unpaired) electrons. The van der Waals surface area contributed by atoms with Gasteiger partial charge in [0.25, 0.3) is 11.8 Å². The minimum Gasteiger partial charge on any atom is -0.496 e. The topological polar surface area (TPSA) is 89.8 Å². The van der Waals surface area contributed by atoms with Crippen LogP contribution in [0.15, 0.2) is 71.3 Å². The molecule has 1 heterocycles. The number of hydrogen-bond donors (Lipinski definition) is 2. The van der Waals surface area contributed by atoms with Gasteiger partial charge in [0.05, 0.1) is 13.4 Å². The second-order valence-electron chi connectivity index (χ2n) is 5.84. The molecule has 28 heavy (non-hydrogen) atoms. The maximum absolute atomic E-state index is 12.0. The molecule has 3 aromatic rings. The number of carbonyl (C=O) groups excluding carboxylic acids is 2. The molecule has 7 heteroatoms. The normalized spacial score (nSPS) is 10.2. The highest BCUT2D eigenvalue weighted by Crippen LogP contribution is 2.19. The number of methoxy groups -OCH3 is 1. The van der Waals surface area contributed by atoms with E-state index in [9.17, 15) is 9.59 Å². The number of ether oxygens (including phenoxy) is 2. The summed E-state index contributed by atoms with van der Waals surface area (Å²) >= 11 is 0. The Balaban J connectivity index is 1.50. The zero-order valence-corrected chi connectivity index (χ0v) is 15.3. The summed E-state index contributed by atoms with van der Waals surface area (Å²) in [5.74, 6) is 0.753. The predicted octanol–water partition coefficient (Wildman–Crippen LogP) is 3.24. The van der Waals surface area contributed by atoms with Crippen molar-refractivity contribution in [3.8, 4) is 11.5 Å². The first kappa shape index (κ1) is 19.0. The van der Waals surface area contributed by atoms with E-state index in [0.29, 0.717) is 23.7 Å². The Morgan fingerprint density at radius 1 is 1.04 bits per heavy atom. The Labute approximate surface area is 162 Å². The van der Waals surface area contributed by atoms with E-state index in [0.717, 1.165) is 5.56 Å². The summed E-state index contributed by atoms with van der Waals surface area (Å²) in [4.78, 5) is 24.1. The lowest BCUT2D eigenvalue weighted by molar-refractivity contribution is -0.123. The summed E-state index contributed by atoms with van der Waals surface area (Å²) in [6.07, 6.45) is 1.43. The van der Waals surface area contributed by atoms with Crippen molar-refractivity contribution in [1.29, 1.82) is 0 Å². The highest BCUT2D eigenvalue weighted by atomic mass is 16.5. The van der Waals surface area contributed by atoms with Gasteiger partial charge in [0, 0.05) is 23.9 Å². The van der Waals surface area contributed by atoms with Gasteiger partial charge in [-0.15, -0.1) is 0 Å². The number of rotatable bonds is 8. The van der Waals surface area contributed by atoms with E-state index in [1.807, 2.05) is 24.3 Å². The lowest BCUT2D eigenvalue weighted by Gasteiger charge is -2.11. The van der Waals surface area contributed by atoms with Gasteiger partial charge in [-0.2, -0.15) is 0 Å². The Hall–Kier alpha value is -3.74. The molecule has 0 saturated heterocycles. The van der Waals surface area contributed by atoms with Crippen molar-refractivity contribution in [2.45, 2.75) is 6.54 Å². The molecule has 0 aliphatic rings. The maximum Gasteiger partial charge on any atom is 0.291 e. The molecule has 144 valence electrons. The van der Waals surface area contributed by atoms with Crippen LogP contribution in [0.2, 0.25) is 0 Å². The summed E-state index contributed by atoms with van der Waals surface area (Å²) < 4.78 is 15.8. The monoisotopic (exact) mass is 380 g/mol. The van der Waals surface area contributed by atoms with Crippen LogP contribution in [0.5, 0.6) is 11.5 Å². The van der Waals surface area contributed by atoms with E-state index in [2.05, 4.69) is 10.6 Å². The quantitative estimate of drug-likeness (QED) is 0.626. The number of nitrogens with one attached hydrogen (secondary N) is 2. The molecular formula is C21H20N2O5. The molecule has 0 fully saturated rings. The lowest BCUT2D eigenvalue weighted by Crippen LogP contribution is -2.28. The first-order chi connectivity index (χ1) is 13.7. The highest BCUT2D eigenvalue weighted by molar-refractivity contribution is 6.02. The molecule has 2 N–H and O–H groups in total. The average molecular weight is 380 g/mol. The zero-order chi connectivity index (χ0) is 19.8. The third-order valence-electron chi connectivity index (χ3n) is 3.88. The number of anilines is 1. The van der Waals surface area contributed by atoms with Gasteiger partial charge in [-0.05, 0) is 30.3 Å². The Bertz CT molecular complexity index is 937. The van der Waals surface area contributed by atoms with E-state index >= 15 is 0 Å². The maximum atomic E-state index is 12.0. The fourth-order valence-corrected chi connectivity index (χ4v) is 2.51. The zero-order valence-electron chi connectivity index (χ0n) is 15.3. The fraction of sp³-hybridized carbons (Fsp3) is 0.143. The van der Waals surface area contributed by atoms with Gasteiger partial charge in [-0.1, -0.05) is 24.3 Å². The van der Waals surface area contributed by atoms with Gasteiger partial charge in [-0.3, -0.25) is 9.59 Å². The van der Waals surface area contributed by atoms with Crippen LogP contribution in [0.25, 0.3) is 0 Å². The van der Waals surface area contributed by atoms with E-state index in [4.69, 9.17) is 13.9 Å². The number of benzene rings is 2. The van der Waals surface area contributed by atoms with E-state index < -0.39 is 0 Å². The van der Waals surface area contributed by atoms with Crippen LogP contribution in [-0.4, -0.2) is 25.5 Å². The van der Waals surface area contributed by atoms with Crippen molar-refractivity contribution >= 4 is 17.5 Å². The SMILES string of the molecule is COc1ccccc1CNC(=O)COc1cccc(NC(=O)c2ccco2)c1. The van der Waals surface area contributed by atoms with E-state index in [-0.39, 0.29) is 24.2 Å². The van der Waals surface area contributed by atoms with Crippen molar-refractivity contribution in [1.82, 2.24) is 5.32 Å². The minimum atomic E-state index is -0.364. The van der Waals surface area contributed by atoms with Crippen LogP contribution in [0.4, 0.5) is 5.69 Å². The van der Waals surface area contributed by atoms with Crippen molar-refractivity contribution in [2.75, 3.05) is 19.0 Å². The molecule has 2 amide bonds. The molecule has 0 atom stereocenters. The molecular weight excluding hydrogens is 360 g/mol. The van der Waals surface area contributed by atoms with Gasteiger partial charge >= 0.3 is 0 Å². The molecule has 0 spiro atoms.